The summed E-state index contributed by atoms with van der Waals surface area (Å²) in [5.41, 5.74) is -0.477. The molecule has 0 atom stereocenters. The number of non-ortho nitro benzene ring substituents is 1. The predicted octanol–water partition coefficient (Wildman–Crippen LogP) is -0.864. The van der Waals surface area contributed by atoms with Crippen LogP contribution in [0.2, 0.25) is 0 Å². The van der Waals surface area contributed by atoms with Crippen LogP contribution < -0.4 is 20.6 Å². The van der Waals surface area contributed by atoms with E-state index in [2.05, 4.69) is 0 Å². The number of benzene rings is 1. The number of rotatable bonds is 3. The number of nitrogens with zero attached hydrogens (tertiary/aromatic N) is 1. The summed E-state index contributed by atoms with van der Waals surface area (Å²) in [6.45, 7) is 5.41. The Labute approximate surface area is 117 Å². The molecule has 0 amide bonds. The molecule has 105 valence electrons. The molecule has 8 heteroatoms. The van der Waals surface area contributed by atoms with Gasteiger partial charge in [-0.25, -0.2) is 0 Å². The fourth-order valence-electron chi connectivity index (χ4n) is 1.23. The molecule has 1 heterocycles. The quantitative estimate of drug-likeness (QED) is 0.293. The summed E-state index contributed by atoms with van der Waals surface area (Å²) in [6.07, 6.45) is 0. The van der Waals surface area contributed by atoms with Gasteiger partial charge in [0.15, 0.2) is 0 Å². The molecule has 2 rings (SSSR count). The van der Waals surface area contributed by atoms with Gasteiger partial charge in [-0.3, -0.25) is 0 Å². The molecule has 7 nitrogen and oxygen atoms in total. The van der Waals surface area contributed by atoms with E-state index in [1.54, 1.807) is 20.8 Å². The molecular formula is C11H12INO6-. The number of carbonyl (C=O) groups is 1. The minimum absolute atomic E-state index is 0.148. The van der Waals surface area contributed by atoms with Crippen molar-refractivity contribution in [2.75, 3.05) is 0 Å². The fraction of sp³-hybridized carbons (Fsp3) is 0.364. The summed E-state index contributed by atoms with van der Waals surface area (Å²) in [7, 11) is 0. The standard InChI is InChI=1S/C11H12INO6/c1-11(2,3)18-19-12-9-5-4-7(13(15)16)6-8(9)10(14)17-12/h4-6H,1-3H3/q-1. The third-order valence-electron chi connectivity index (χ3n) is 2.03. The van der Waals surface area contributed by atoms with Crippen LogP contribution in [0.25, 0.3) is 0 Å². The summed E-state index contributed by atoms with van der Waals surface area (Å²) < 4.78 is 10.9. The van der Waals surface area contributed by atoms with E-state index in [1.165, 1.54) is 18.2 Å². The SMILES string of the molecule is CC(C)(C)OO[I-]1OC(=O)c2cc([N+](=O)[O-])ccc21. The zero-order valence-corrected chi connectivity index (χ0v) is 12.7. The molecule has 0 aliphatic carbocycles. The number of nitro groups is 1. The monoisotopic (exact) mass is 381 g/mol. The first kappa shape index (κ1) is 14.2. The molecule has 0 fully saturated rings. The van der Waals surface area contributed by atoms with Gasteiger partial charge >= 0.3 is 117 Å². The zero-order chi connectivity index (χ0) is 14.2. The third kappa shape index (κ3) is 3.19. The van der Waals surface area contributed by atoms with Gasteiger partial charge in [0.2, 0.25) is 0 Å². The second kappa shape index (κ2) is 5.02. The van der Waals surface area contributed by atoms with E-state index >= 15 is 0 Å². The van der Waals surface area contributed by atoms with Crippen molar-refractivity contribution in [3.8, 4) is 0 Å². The van der Waals surface area contributed by atoms with Gasteiger partial charge in [0.05, 0.1) is 0 Å². The van der Waals surface area contributed by atoms with Crippen LogP contribution in [0, 0.1) is 13.7 Å². The summed E-state index contributed by atoms with van der Waals surface area (Å²) in [5.74, 6) is -0.596. The maximum absolute atomic E-state index is 11.6. The average molecular weight is 381 g/mol. The van der Waals surface area contributed by atoms with Crippen LogP contribution in [0.4, 0.5) is 5.69 Å². The van der Waals surface area contributed by atoms with Crippen molar-refractivity contribution in [2.24, 2.45) is 0 Å². The van der Waals surface area contributed by atoms with Crippen molar-refractivity contribution in [2.45, 2.75) is 26.4 Å². The number of nitro benzene ring substituents is 1. The first-order chi connectivity index (χ1) is 8.78. The summed E-state index contributed by atoms with van der Waals surface area (Å²) in [5, 5.41) is 10.7. The first-order valence-electron chi connectivity index (χ1n) is 5.35. The topological polar surface area (TPSA) is 87.9 Å². The van der Waals surface area contributed by atoms with Gasteiger partial charge < -0.3 is 0 Å². The van der Waals surface area contributed by atoms with Gasteiger partial charge in [0.1, 0.15) is 0 Å². The molecule has 0 unspecified atom stereocenters. The molecule has 1 aromatic rings. The second-order valence-corrected chi connectivity index (χ2v) is 7.96. The Morgan fingerprint density at radius 1 is 1.37 bits per heavy atom. The van der Waals surface area contributed by atoms with Crippen LogP contribution in [0.5, 0.6) is 0 Å². The molecule has 1 aliphatic heterocycles. The van der Waals surface area contributed by atoms with Crippen molar-refractivity contribution >= 4 is 11.7 Å². The summed E-state index contributed by atoms with van der Waals surface area (Å²) >= 11 is -2.67. The molecule has 0 saturated heterocycles. The molecule has 0 N–H and O–H groups in total. The number of carbonyl (C=O) groups excluding carboxylic acids is 1. The molecule has 0 spiro atoms. The van der Waals surface area contributed by atoms with Crippen molar-refractivity contribution in [1.82, 2.24) is 0 Å². The number of halogens is 1. The number of hydrogen-bond donors (Lipinski definition) is 0. The molecule has 1 aliphatic rings. The molecule has 1 aromatic carbocycles. The third-order valence-corrected chi connectivity index (χ3v) is 5.22. The van der Waals surface area contributed by atoms with E-state index < -0.39 is 37.1 Å². The van der Waals surface area contributed by atoms with Crippen molar-refractivity contribution in [3.63, 3.8) is 0 Å². The Hall–Kier alpha value is -1.26. The van der Waals surface area contributed by atoms with E-state index in [1.807, 2.05) is 0 Å². The second-order valence-electron chi connectivity index (χ2n) is 4.76. The summed E-state index contributed by atoms with van der Waals surface area (Å²) in [4.78, 5) is 26.9. The molecule has 19 heavy (non-hydrogen) atoms. The van der Waals surface area contributed by atoms with Crippen LogP contribution in [-0.2, 0) is 11.2 Å². The van der Waals surface area contributed by atoms with Crippen LogP contribution in [-0.4, -0.2) is 16.5 Å². The van der Waals surface area contributed by atoms with E-state index in [4.69, 9.17) is 11.2 Å². The predicted molar refractivity (Wildman–Crippen MR) is 59.1 cm³/mol. The van der Waals surface area contributed by atoms with Gasteiger partial charge in [-0.1, -0.05) is 0 Å². The number of hydrogen-bond acceptors (Lipinski definition) is 6. The number of fused-ring (bicyclic) bond motifs is 1. The Balaban J connectivity index is 2.23. The van der Waals surface area contributed by atoms with Crippen molar-refractivity contribution in [1.29, 1.82) is 0 Å². The Kier molecular flexibility index (Phi) is 3.74. The van der Waals surface area contributed by atoms with Gasteiger partial charge in [-0.15, -0.1) is 0 Å². The van der Waals surface area contributed by atoms with Gasteiger partial charge in [0.25, 0.3) is 0 Å². The maximum atomic E-state index is 11.6. The van der Waals surface area contributed by atoms with Crippen LogP contribution in [0.1, 0.15) is 31.1 Å². The van der Waals surface area contributed by atoms with Crippen LogP contribution in [0.3, 0.4) is 0 Å². The molecule has 0 bridgehead atoms. The molecule has 0 saturated carbocycles. The van der Waals surface area contributed by atoms with Gasteiger partial charge in [-0.05, 0) is 0 Å². The molecular weight excluding hydrogens is 369 g/mol. The van der Waals surface area contributed by atoms with E-state index in [9.17, 15) is 14.9 Å². The Morgan fingerprint density at radius 3 is 2.63 bits per heavy atom. The van der Waals surface area contributed by atoms with Gasteiger partial charge in [0, 0.05) is 0 Å². The van der Waals surface area contributed by atoms with Crippen molar-refractivity contribution in [3.05, 3.63) is 37.4 Å². The van der Waals surface area contributed by atoms with Crippen molar-refractivity contribution < 1.29 is 41.5 Å². The van der Waals surface area contributed by atoms with E-state index in [0.29, 0.717) is 3.57 Å². The zero-order valence-electron chi connectivity index (χ0n) is 10.5. The van der Waals surface area contributed by atoms with Crippen LogP contribution >= 0.6 is 0 Å². The van der Waals surface area contributed by atoms with Gasteiger partial charge in [-0.2, -0.15) is 0 Å². The minimum atomic E-state index is -2.67. The Bertz CT molecular complexity index is 538. The average Bonchev–Trinajstić information content (AvgIpc) is 2.62. The van der Waals surface area contributed by atoms with Crippen LogP contribution in [0.15, 0.2) is 18.2 Å². The normalized spacial score (nSPS) is 16.2. The first-order valence-corrected chi connectivity index (χ1v) is 8.19. The molecule has 0 aromatic heterocycles. The fourth-order valence-corrected chi connectivity index (χ4v) is 4.37. The van der Waals surface area contributed by atoms with E-state index in [0.717, 1.165) is 0 Å². The molecule has 1 radical (unpaired) electrons. The Morgan fingerprint density at radius 2 is 2.05 bits per heavy atom. The summed E-state index contributed by atoms with van der Waals surface area (Å²) in [6, 6.07) is 4.02. The van der Waals surface area contributed by atoms with E-state index in [-0.39, 0.29) is 11.3 Å².